The fourth-order valence-corrected chi connectivity index (χ4v) is 3.72. The second-order valence-electron chi connectivity index (χ2n) is 7.37. The van der Waals surface area contributed by atoms with Gasteiger partial charge in [0.25, 0.3) is 0 Å². The zero-order valence-corrected chi connectivity index (χ0v) is 16.1. The van der Waals surface area contributed by atoms with E-state index in [0.29, 0.717) is 48.7 Å². The van der Waals surface area contributed by atoms with Gasteiger partial charge in [-0.1, -0.05) is 13.7 Å². The first-order chi connectivity index (χ1) is 16.4. The predicted molar refractivity (Wildman–Crippen MR) is 112 cm³/mol. The summed E-state index contributed by atoms with van der Waals surface area (Å²) in [4.78, 5) is 25.6. The van der Waals surface area contributed by atoms with Crippen molar-refractivity contribution in [1.29, 1.82) is 0 Å². The van der Waals surface area contributed by atoms with E-state index in [9.17, 15) is 4.79 Å². The van der Waals surface area contributed by atoms with E-state index in [0.717, 1.165) is 10.9 Å². The lowest BCUT2D eigenvalue weighted by molar-refractivity contribution is -0.120. The van der Waals surface area contributed by atoms with Crippen molar-refractivity contribution in [2.45, 2.75) is 58.4 Å². The van der Waals surface area contributed by atoms with Crippen LogP contribution < -0.4 is 10.6 Å². The van der Waals surface area contributed by atoms with E-state index >= 15 is 0 Å². The number of hydrogen-bond donors (Lipinski definition) is 2. The highest BCUT2D eigenvalue weighted by molar-refractivity contribution is 5.94. The number of pyridine rings is 2. The normalized spacial score (nSPS) is 23.5. The molecule has 1 aliphatic carbocycles. The van der Waals surface area contributed by atoms with Gasteiger partial charge in [0.2, 0.25) is 5.91 Å². The Hall–Kier alpha value is -2.80. The Balaban J connectivity index is 1.38. The van der Waals surface area contributed by atoms with Crippen molar-refractivity contribution in [1.82, 2.24) is 20.3 Å². The van der Waals surface area contributed by atoms with Gasteiger partial charge in [-0.15, -0.1) is 0 Å². The molecule has 0 unspecified atom stereocenters. The number of oxazole rings is 1. The lowest BCUT2D eigenvalue weighted by atomic mass is 9.85. The number of nitrogens with zero attached hydrogens (tertiary/aromatic N) is 3. The number of carbonyl (C=O) groups excluding carboxylic acids is 1. The molecule has 152 valence electrons. The maximum Gasteiger partial charge on any atom is 0.228 e. The first kappa shape index (κ1) is 13.4. The molecule has 1 amide bonds. The molecule has 7 heteroatoms. The minimum atomic E-state index is -2.64. The summed E-state index contributed by atoms with van der Waals surface area (Å²) >= 11 is 0. The molecular formula is C22H27N5O2. The van der Waals surface area contributed by atoms with E-state index in [1.54, 1.807) is 31.6 Å². The number of aromatic nitrogens is 3. The van der Waals surface area contributed by atoms with E-state index < -0.39 is 19.7 Å². The van der Waals surface area contributed by atoms with Crippen molar-refractivity contribution in [2.75, 3.05) is 5.32 Å². The second kappa shape index (κ2) is 8.29. The molecule has 2 N–H and O–H groups in total. The molecule has 0 aliphatic heterocycles. The molecule has 0 atom stereocenters. The van der Waals surface area contributed by atoms with Crippen LogP contribution in [0.15, 0.2) is 35.1 Å². The van der Waals surface area contributed by atoms with Gasteiger partial charge in [0.15, 0.2) is 11.7 Å². The summed E-state index contributed by atoms with van der Waals surface area (Å²) in [5.74, 6) is 1.11. The molecule has 4 rings (SSSR count). The second-order valence-corrected chi connectivity index (χ2v) is 7.37. The standard InChI is InChI=1S/C22H27N5O2/c1-13(2)26-18-6-4-15(5-7-18)22(28)27-21-9-16-8-17(10-24-19(16)11-25-21)20-12-23-14(3)29-20/h8-13,15,18,26H,4-7H2,1-3H3,(H,25,27,28)/i1D3,2D3. The van der Waals surface area contributed by atoms with Gasteiger partial charge >= 0.3 is 0 Å². The Morgan fingerprint density at radius 1 is 1.14 bits per heavy atom. The van der Waals surface area contributed by atoms with Crippen LogP contribution in [0.2, 0.25) is 0 Å². The molecule has 1 saturated carbocycles. The van der Waals surface area contributed by atoms with Crippen LogP contribution in [0.3, 0.4) is 0 Å². The first-order valence-electron chi connectivity index (χ1n) is 12.7. The van der Waals surface area contributed by atoms with Gasteiger partial charge in [-0.05, 0) is 37.8 Å². The number of carbonyl (C=O) groups is 1. The van der Waals surface area contributed by atoms with Gasteiger partial charge in [-0.3, -0.25) is 9.78 Å². The summed E-state index contributed by atoms with van der Waals surface area (Å²) in [5, 5.41) is 6.44. The summed E-state index contributed by atoms with van der Waals surface area (Å²) in [6.07, 6.45) is 6.95. The molecule has 3 heterocycles. The third kappa shape index (κ3) is 4.62. The molecule has 0 aromatic carbocycles. The fraction of sp³-hybridized carbons (Fsp3) is 0.455. The molecule has 0 spiro atoms. The minimum absolute atomic E-state index is 0.173. The number of fused-ring (bicyclic) bond motifs is 1. The number of aryl methyl sites for hydroxylation is 1. The quantitative estimate of drug-likeness (QED) is 0.671. The zero-order valence-electron chi connectivity index (χ0n) is 22.1. The van der Waals surface area contributed by atoms with E-state index in [1.807, 2.05) is 6.07 Å². The van der Waals surface area contributed by atoms with Crippen molar-refractivity contribution in [3.05, 3.63) is 36.6 Å². The number of amides is 1. The highest BCUT2D eigenvalue weighted by Crippen LogP contribution is 2.27. The molecular weight excluding hydrogens is 366 g/mol. The van der Waals surface area contributed by atoms with Gasteiger partial charge in [-0.25, -0.2) is 9.97 Å². The van der Waals surface area contributed by atoms with Gasteiger partial charge in [0.1, 0.15) is 5.82 Å². The summed E-state index contributed by atoms with van der Waals surface area (Å²) < 4.78 is 50.8. The third-order valence-electron chi connectivity index (χ3n) is 5.23. The average Bonchev–Trinajstić information content (AvgIpc) is 3.22. The van der Waals surface area contributed by atoms with Crippen molar-refractivity contribution in [3.63, 3.8) is 0 Å². The van der Waals surface area contributed by atoms with E-state index in [1.165, 1.54) is 0 Å². The number of anilines is 1. The number of nitrogens with one attached hydrogen (secondary N) is 2. The zero-order chi connectivity index (χ0) is 25.4. The van der Waals surface area contributed by atoms with E-state index in [2.05, 4.69) is 25.6 Å². The van der Waals surface area contributed by atoms with Crippen molar-refractivity contribution in [2.24, 2.45) is 5.92 Å². The molecule has 3 aromatic heterocycles. The van der Waals surface area contributed by atoms with Crippen LogP contribution in [0.4, 0.5) is 5.82 Å². The van der Waals surface area contributed by atoms with Crippen LogP contribution in [0.1, 0.15) is 53.5 Å². The summed E-state index contributed by atoms with van der Waals surface area (Å²) in [7, 11) is 0. The predicted octanol–water partition coefficient (Wildman–Crippen LogP) is 4.09. The van der Waals surface area contributed by atoms with E-state index in [-0.39, 0.29) is 17.9 Å². The summed E-state index contributed by atoms with van der Waals surface area (Å²) in [6.45, 7) is -3.51. The molecule has 1 aliphatic rings. The van der Waals surface area contributed by atoms with Crippen molar-refractivity contribution < 1.29 is 17.4 Å². The highest BCUT2D eigenvalue weighted by atomic mass is 16.4. The van der Waals surface area contributed by atoms with Crippen LogP contribution in [0, 0.1) is 12.8 Å². The highest BCUT2D eigenvalue weighted by Gasteiger charge is 2.26. The largest absolute Gasteiger partial charge is 0.441 e. The molecule has 0 saturated heterocycles. The first-order valence-corrected chi connectivity index (χ1v) is 9.65. The summed E-state index contributed by atoms with van der Waals surface area (Å²) in [6, 6.07) is 1.78. The molecule has 29 heavy (non-hydrogen) atoms. The van der Waals surface area contributed by atoms with Gasteiger partial charge in [0, 0.05) is 50.3 Å². The average molecular weight is 400 g/mol. The van der Waals surface area contributed by atoms with Crippen molar-refractivity contribution >= 4 is 22.6 Å². The summed E-state index contributed by atoms with van der Waals surface area (Å²) in [5.41, 5.74) is 1.44. The molecule has 0 radical (unpaired) electrons. The van der Waals surface area contributed by atoms with Crippen LogP contribution in [0.25, 0.3) is 22.2 Å². The topological polar surface area (TPSA) is 92.9 Å². The number of rotatable bonds is 5. The van der Waals surface area contributed by atoms with E-state index in [4.69, 9.17) is 12.6 Å². The maximum absolute atomic E-state index is 12.9. The van der Waals surface area contributed by atoms with Crippen LogP contribution in [0.5, 0.6) is 0 Å². The van der Waals surface area contributed by atoms with Crippen LogP contribution in [-0.4, -0.2) is 32.9 Å². The van der Waals surface area contributed by atoms with Crippen LogP contribution in [-0.2, 0) is 4.79 Å². The lowest BCUT2D eigenvalue weighted by Gasteiger charge is -2.29. The Morgan fingerprint density at radius 3 is 2.69 bits per heavy atom. The Morgan fingerprint density at radius 2 is 1.97 bits per heavy atom. The third-order valence-corrected chi connectivity index (χ3v) is 5.23. The van der Waals surface area contributed by atoms with Crippen molar-refractivity contribution in [3.8, 4) is 11.3 Å². The molecule has 3 aromatic rings. The fourth-order valence-electron chi connectivity index (χ4n) is 3.72. The number of hydrogen-bond acceptors (Lipinski definition) is 6. The minimum Gasteiger partial charge on any atom is -0.441 e. The monoisotopic (exact) mass is 399 g/mol. The van der Waals surface area contributed by atoms with Crippen LogP contribution >= 0.6 is 0 Å². The van der Waals surface area contributed by atoms with Gasteiger partial charge in [0.05, 0.1) is 17.9 Å². The maximum atomic E-state index is 12.9. The van der Waals surface area contributed by atoms with Gasteiger partial charge in [-0.2, -0.15) is 0 Å². The Bertz CT molecular complexity index is 1190. The Kier molecular flexibility index (Phi) is 3.84. The lowest BCUT2D eigenvalue weighted by Crippen LogP contribution is -2.39. The molecule has 0 bridgehead atoms. The smallest absolute Gasteiger partial charge is 0.228 e. The Labute approximate surface area is 178 Å². The molecule has 1 fully saturated rings. The SMILES string of the molecule is [2H]C([2H])([2H])C(NC1CCC(C(=O)Nc2cc3cc(-c4cnc(C)o4)cnc3cn2)CC1)C([2H])([2H])[2H]. The van der Waals surface area contributed by atoms with Gasteiger partial charge < -0.3 is 15.1 Å². The molecule has 7 nitrogen and oxygen atoms in total.